The molecule has 0 aromatic heterocycles. The fourth-order valence-corrected chi connectivity index (χ4v) is 1.43. The van der Waals surface area contributed by atoms with Crippen molar-refractivity contribution in [2.75, 3.05) is 0 Å². The van der Waals surface area contributed by atoms with Crippen LogP contribution in [0.2, 0.25) is 0 Å². The molecule has 2 rings (SSSR count). The molecular formula is C13H16N2O3. The van der Waals surface area contributed by atoms with Gasteiger partial charge in [-0.2, -0.15) is 0 Å². The summed E-state index contributed by atoms with van der Waals surface area (Å²) in [5.74, 6) is -0.407. The maximum absolute atomic E-state index is 11.2. The highest BCUT2D eigenvalue weighted by atomic mass is 16.7. The summed E-state index contributed by atoms with van der Waals surface area (Å²) in [6.45, 7) is 0.341. The summed E-state index contributed by atoms with van der Waals surface area (Å²) < 4.78 is 0. The zero-order valence-corrected chi connectivity index (χ0v) is 10.0. The predicted octanol–water partition coefficient (Wildman–Crippen LogP) is 1.79. The summed E-state index contributed by atoms with van der Waals surface area (Å²) in [6.07, 6.45) is 4.40. The number of nitrogens with zero attached hydrogens (tertiary/aromatic N) is 1. The quantitative estimate of drug-likeness (QED) is 0.616. The van der Waals surface area contributed by atoms with Gasteiger partial charge in [0.1, 0.15) is 12.8 Å². The van der Waals surface area contributed by atoms with Gasteiger partial charge in [0.2, 0.25) is 0 Å². The van der Waals surface area contributed by atoms with Gasteiger partial charge in [0.05, 0.1) is 6.10 Å². The number of carbonyl (C=O) groups excluding carboxylic acids is 1. The zero-order chi connectivity index (χ0) is 12.6. The van der Waals surface area contributed by atoms with Crippen LogP contribution in [0.1, 0.15) is 24.8 Å². The van der Waals surface area contributed by atoms with Crippen molar-refractivity contribution < 1.29 is 14.5 Å². The summed E-state index contributed by atoms with van der Waals surface area (Å²) in [5.41, 5.74) is 3.32. The first-order valence-corrected chi connectivity index (χ1v) is 5.99. The van der Waals surface area contributed by atoms with Gasteiger partial charge in [-0.3, -0.25) is 9.63 Å². The molecule has 1 N–H and O–H groups in total. The van der Waals surface area contributed by atoms with Crippen LogP contribution in [0.4, 0.5) is 0 Å². The fourth-order valence-electron chi connectivity index (χ4n) is 1.43. The molecule has 0 radical (unpaired) electrons. The molecule has 18 heavy (non-hydrogen) atoms. The number of carbonyl (C=O) groups is 1. The predicted molar refractivity (Wildman–Crippen MR) is 66.6 cm³/mol. The lowest BCUT2D eigenvalue weighted by Crippen LogP contribution is -2.33. The van der Waals surface area contributed by atoms with Gasteiger partial charge in [-0.25, -0.2) is 5.48 Å². The SMILES string of the molecule is O=C(/C=N/OCc1ccccc1)NOC1CCC1. The Labute approximate surface area is 106 Å². The second kappa shape index (κ2) is 6.76. The number of rotatable bonds is 6. The van der Waals surface area contributed by atoms with E-state index in [1.54, 1.807) is 0 Å². The van der Waals surface area contributed by atoms with Gasteiger partial charge < -0.3 is 4.84 Å². The van der Waals surface area contributed by atoms with E-state index in [0.29, 0.717) is 6.61 Å². The summed E-state index contributed by atoms with van der Waals surface area (Å²) >= 11 is 0. The van der Waals surface area contributed by atoms with Crippen molar-refractivity contribution in [2.45, 2.75) is 32.0 Å². The van der Waals surface area contributed by atoms with Gasteiger partial charge in [-0.15, -0.1) is 0 Å². The molecule has 0 saturated heterocycles. The third kappa shape index (κ3) is 4.18. The summed E-state index contributed by atoms with van der Waals surface area (Å²) in [4.78, 5) is 21.3. The molecule has 0 atom stereocenters. The summed E-state index contributed by atoms with van der Waals surface area (Å²) in [6, 6.07) is 9.62. The Morgan fingerprint density at radius 1 is 1.39 bits per heavy atom. The van der Waals surface area contributed by atoms with E-state index in [4.69, 9.17) is 9.68 Å². The van der Waals surface area contributed by atoms with E-state index in [0.717, 1.165) is 31.0 Å². The Kier molecular flexibility index (Phi) is 4.72. The number of oxime groups is 1. The Balaban J connectivity index is 1.60. The molecule has 5 heteroatoms. The molecule has 0 bridgehead atoms. The molecule has 1 fully saturated rings. The lowest BCUT2D eigenvalue weighted by molar-refractivity contribution is -0.135. The van der Waals surface area contributed by atoms with Gasteiger partial charge in [0.15, 0.2) is 0 Å². The molecule has 1 aliphatic carbocycles. The third-order valence-electron chi connectivity index (χ3n) is 2.70. The highest BCUT2D eigenvalue weighted by molar-refractivity contribution is 6.25. The van der Waals surface area contributed by atoms with Crippen LogP contribution >= 0.6 is 0 Å². The summed E-state index contributed by atoms with van der Waals surface area (Å²) in [5, 5.41) is 3.57. The number of hydrogen-bond acceptors (Lipinski definition) is 4. The van der Waals surface area contributed by atoms with Crippen molar-refractivity contribution in [2.24, 2.45) is 5.16 Å². The first-order valence-electron chi connectivity index (χ1n) is 5.99. The van der Waals surface area contributed by atoms with Gasteiger partial charge in [0.25, 0.3) is 5.91 Å². The van der Waals surface area contributed by atoms with Gasteiger partial charge >= 0.3 is 0 Å². The lowest BCUT2D eigenvalue weighted by Gasteiger charge is -2.24. The zero-order valence-electron chi connectivity index (χ0n) is 10.0. The highest BCUT2D eigenvalue weighted by Crippen LogP contribution is 2.20. The van der Waals surface area contributed by atoms with Gasteiger partial charge in [0, 0.05) is 0 Å². The van der Waals surface area contributed by atoms with E-state index in [9.17, 15) is 4.79 Å². The Morgan fingerprint density at radius 3 is 2.83 bits per heavy atom. The number of hydrogen-bond donors (Lipinski definition) is 1. The molecule has 0 spiro atoms. The van der Waals surface area contributed by atoms with Crippen LogP contribution < -0.4 is 5.48 Å². The van der Waals surface area contributed by atoms with Crippen molar-refractivity contribution in [1.82, 2.24) is 5.48 Å². The monoisotopic (exact) mass is 248 g/mol. The average molecular weight is 248 g/mol. The van der Waals surface area contributed by atoms with Crippen LogP contribution in [0.15, 0.2) is 35.5 Å². The fraction of sp³-hybridized carbons (Fsp3) is 0.385. The van der Waals surface area contributed by atoms with E-state index < -0.39 is 5.91 Å². The second-order valence-corrected chi connectivity index (χ2v) is 4.13. The number of amides is 1. The first-order chi connectivity index (χ1) is 8.84. The topological polar surface area (TPSA) is 59.9 Å². The number of benzene rings is 1. The maximum Gasteiger partial charge on any atom is 0.289 e. The minimum Gasteiger partial charge on any atom is -0.391 e. The Morgan fingerprint density at radius 2 is 2.17 bits per heavy atom. The molecular weight excluding hydrogens is 232 g/mol. The van der Waals surface area contributed by atoms with E-state index in [2.05, 4.69) is 10.6 Å². The van der Waals surface area contributed by atoms with Crippen molar-refractivity contribution in [1.29, 1.82) is 0 Å². The molecule has 1 aromatic carbocycles. The van der Waals surface area contributed by atoms with Crippen LogP contribution in [0, 0.1) is 0 Å². The minimum absolute atomic E-state index is 0.160. The Hall–Kier alpha value is -1.88. The Bertz CT molecular complexity index is 402. The molecule has 1 saturated carbocycles. The van der Waals surface area contributed by atoms with Crippen LogP contribution in [0.5, 0.6) is 0 Å². The molecule has 1 aromatic rings. The van der Waals surface area contributed by atoms with Gasteiger partial charge in [-0.05, 0) is 24.8 Å². The standard InChI is InChI=1S/C13H16N2O3/c16-13(15-18-12-7-4-8-12)9-14-17-10-11-5-2-1-3-6-11/h1-3,5-6,9,12H,4,7-8,10H2,(H,15,16)/b14-9+. The van der Waals surface area contributed by atoms with Crippen LogP contribution in [0.3, 0.4) is 0 Å². The van der Waals surface area contributed by atoms with Crippen LogP contribution in [0.25, 0.3) is 0 Å². The van der Waals surface area contributed by atoms with E-state index in [-0.39, 0.29) is 6.10 Å². The highest BCUT2D eigenvalue weighted by Gasteiger charge is 2.18. The second-order valence-electron chi connectivity index (χ2n) is 4.13. The number of hydroxylamine groups is 1. The smallest absolute Gasteiger partial charge is 0.289 e. The average Bonchev–Trinajstić information content (AvgIpc) is 2.34. The largest absolute Gasteiger partial charge is 0.391 e. The van der Waals surface area contributed by atoms with Gasteiger partial charge in [-0.1, -0.05) is 35.5 Å². The molecule has 5 nitrogen and oxygen atoms in total. The first kappa shape index (κ1) is 12.6. The van der Waals surface area contributed by atoms with Crippen molar-refractivity contribution in [3.8, 4) is 0 Å². The van der Waals surface area contributed by atoms with Crippen LogP contribution in [-0.2, 0) is 21.1 Å². The molecule has 1 amide bonds. The lowest BCUT2D eigenvalue weighted by atomic mass is 9.97. The van der Waals surface area contributed by atoms with Crippen LogP contribution in [-0.4, -0.2) is 18.2 Å². The minimum atomic E-state index is -0.407. The molecule has 96 valence electrons. The van der Waals surface area contributed by atoms with Crippen molar-refractivity contribution >= 4 is 12.1 Å². The molecule has 0 heterocycles. The van der Waals surface area contributed by atoms with E-state index in [1.807, 2.05) is 30.3 Å². The van der Waals surface area contributed by atoms with Crippen molar-refractivity contribution in [3.05, 3.63) is 35.9 Å². The number of nitrogens with one attached hydrogen (secondary N) is 1. The molecule has 0 unspecified atom stereocenters. The molecule has 0 aliphatic heterocycles. The van der Waals surface area contributed by atoms with E-state index >= 15 is 0 Å². The third-order valence-corrected chi connectivity index (χ3v) is 2.70. The maximum atomic E-state index is 11.2. The summed E-state index contributed by atoms with van der Waals surface area (Å²) in [7, 11) is 0. The van der Waals surface area contributed by atoms with Crippen molar-refractivity contribution in [3.63, 3.8) is 0 Å². The van der Waals surface area contributed by atoms with E-state index in [1.165, 1.54) is 0 Å². The normalized spacial score (nSPS) is 15.3. The molecule has 1 aliphatic rings.